The van der Waals surface area contributed by atoms with Crippen LogP contribution in [-0.2, 0) is 22.6 Å². The van der Waals surface area contributed by atoms with Gasteiger partial charge in [0.15, 0.2) is 15.3 Å². The Bertz CT molecular complexity index is 1380. The summed E-state index contributed by atoms with van der Waals surface area (Å²) in [7, 11) is 1.58. The van der Waals surface area contributed by atoms with Crippen molar-refractivity contribution in [2.45, 2.75) is 29.4 Å². The first kappa shape index (κ1) is 27.5. The van der Waals surface area contributed by atoms with Crippen molar-refractivity contribution >= 4 is 51.8 Å². The van der Waals surface area contributed by atoms with Crippen molar-refractivity contribution < 1.29 is 18.7 Å². The fourth-order valence-corrected chi connectivity index (χ4v) is 5.69. The number of methoxy groups -OCH3 is 1. The van der Waals surface area contributed by atoms with E-state index in [1.54, 1.807) is 47.7 Å². The number of hydrogen-bond acceptors (Lipinski definition) is 10. The predicted octanol–water partition coefficient (Wildman–Crippen LogP) is 3.97. The van der Waals surface area contributed by atoms with E-state index in [0.717, 1.165) is 27.4 Å². The lowest BCUT2D eigenvalue weighted by molar-refractivity contribution is -0.120. The molecule has 10 nitrogen and oxygen atoms in total. The second-order valence-corrected chi connectivity index (χ2v) is 11.1. The number of aromatic nitrogens is 5. The van der Waals surface area contributed by atoms with Gasteiger partial charge in [-0.15, -0.1) is 20.4 Å². The van der Waals surface area contributed by atoms with Gasteiger partial charge in [0, 0.05) is 5.69 Å². The number of carbonyl (C=O) groups excluding carboxylic acids is 2. The highest BCUT2D eigenvalue weighted by molar-refractivity contribution is 8.01. The van der Waals surface area contributed by atoms with Crippen LogP contribution in [-0.4, -0.2) is 55.4 Å². The average molecular weight is 574 g/mol. The molecule has 4 rings (SSSR count). The van der Waals surface area contributed by atoms with E-state index in [4.69, 9.17) is 4.74 Å². The molecule has 0 bridgehead atoms. The number of rotatable bonds is 12. The van der Waals surface area contributed by atoms with Crippen LogP contribution >= 0.6 is 34.9 Å². The molecule has 38 heavy (non-hydrogen) atoms. The van der Waals surface area contributed by atoms with E-state index < -0.39 is 0 Å². The number of benzene rings is 2. The number of nitrogens with zero attached hydrogens (tertiary/aromatic N) is 5. The van der Waals surface area contributed by atoms with Gasteiger partial charge in [-0.1, -0.05) is 53.9 Å². The lowest BCUT2D eigenvalue weighted by atomic mass is 10.1. The Hall–Kier alpha value is -3.49. The van der Waals surface area contributed by atoms with Crippen LogP contribution in [0.1, 0.15) is 18.3 Å². The van der Waals surface area contributed by atoms with Gasteiger partial charge < -0.3 is 10.1 Å². The normalized spacial score (nSPS) is 10.8. The standard InChI is InChI=1S/C24H24FN7O3S3/c1-3-36-24-31-29-22(38-24)27-21(34)14-37-23-30-28-19(32(23)17-8-6-16(25)7-9-17)13-26-20(33)12-15-4-10-18(35-2)11-5-15/h4-11H,3,12-14H2,1-2H3,(H,26,33)(H,27,29,34). The summed E-state index contributed by atoms with van der Waals surface area (Å²) in [6, 6.07) is 13.0. The molecular weight excluding hydrogens is 550 g/mol. The first-order valence-electron chi connectivity index (χ1n) is 11.4. The van der Waals surface area contributed by atoms with Crippen molar-refractivity contribution in [3.63, 3.8) is 0 Å². The highest BCUT2D eigenvalue weighted by Crippen LogP contribution is 2.26. The SMILES string of the molecule is CCSc1nnc(NC(=O)CSc2nnc(CNC(=O)Cc3ccc(OC)cc3)n2-c2ccc(F)cc2)s1. The third-order valence-corrected chi connectivity index (χ3v) is 7.79. The molecule has 0 atom stereocenters. The van der Waals surface area contributed by atoms with Gasteiger partial charge in [0.25, 0.3) is 0 Å². The summed E-state index contributed by atoms with van der Waals surface area (Å²) >= 11 is 4.02. The Morgan fingerprint density at radius 1 is 1.00 bits per heavy atom. The lowest BCUT2D eigenvalue weighted by Crippen LogP contribution is -2.26. The minimum absolute atomic E-state index is 0.0407. The molecule has 0 radical (unpaired) electrons. The second kappa shape index (κ2) is 13.3. The van der Waals surface area contributed by atoms with Crippen LogP contribution < -0.4 is 15.4 Å². The monoisotopic (exact) mass is 573 g/mol. The first-order valence-corrected chi connectivity index (χ1v) is 14.2. The topological polar surface area (TPSA) is 124 Å². The zero-order chi connectivity index (χ0) is 26.9. The molecule has 198 valence electrons. The zero-order valence-corrected chi connectivity index (χ0v) is 23.0. The van der Waals surface area contributed by atoms with Gasteiger partial charge in [0.1, 0.15) is 11.6 Å². The Kier molecular flexibility index (Phi) is 9.67. The predicted molar refractivity (Wildman–Crippen MR) is 146 cm³/mol. The van der Waals surface area contributed by atoms with Gasteiger partial charge in [-0.3, -0.25) is 19.5 Å². The van der Waals surface area contributed by atoms with Crippen molar-refractivity contribution in [2.75, 3.05) is 23.9 Å². The Labute approximate surface area is 230 Å². The molecule has 2 aromatic heterocycles. The Balaban J connectivity index is 1.42. The molecule has 0 aliphatic heterocycles. The smallest absolute Gasteiger partial charge is 0.236 e. The summed E-state index contributed by atoms with van der Waals surface area (Å²) in [6.45, 7) is 2.10. The summed E-state index contributed by atoms with van der Waals surface area (Å²) in [5, 5.41) is 22.9. The molecule has 0 aliphatic rings. The van der Waals surface area contributed by atoms with Crippen LogP contribution in [0.4, 0.5) is 9.52 Å². The largest absolute Gasteiger partial charge is 0.497 e. The van der Waals surface area contributed by atoms with Crippen LogP contribution in [0.2, 0.25) is 0 Å². The van der Waals surface area contributed by atoms with Crippen LogP contribution in [0.25, 0.3) is 5.69 Å². The maximum atomic E-state index is 13.6. The molecule has 0 saturated heterocycles. The van der Waals surface area contributed by atoms with E-state index in [1.165, 1.54) is 23.5 Å². The van der Waals surface area contributed by atoms with Crippen LogP contribution in [0, 0.1) is 5.82 Å². The van der Waals surface area contributed by atoms with E-state index in [2.05, 4.69) is 31.0 Å². The van der Waals surface area contributed by atoms with Gasteiger partial charge in [0.05, 0.1) is 25.8 Å². The molecule has 0 saturated carbocycles. The summed E-state index contributed by atoms with van der Waals surface area (Å²) in [4.78, 5) is 25.1. The molecule has 14 heteroatoms. The number of hydrogen-bond donors (Lipinski definition) is 2. The maximum absolute atomic E-state index is 13.6. The minimum Gasteiger partial charge on any atom is -0.497 e. The van der Waals surface area contributed by atoms with E-state index in [1.807, 2.05) is 19.1 Å². The fourth-order valence-electron chi connectivity index (χ4n) is 3.25. The average Bonchev–Trinajstić information content (AvgIpc) is 3.54. The third-order valence-electron chi connectivity index (χ3n) is 5.01. The highest BCUT2D eigenvalue weighted by Gasteiger charge is 2.18. The maximum Gasteiger partial charge on any atom is 0.236 e. The van der Waals surface area contributed by atoms with Gasteiger partial charge in [-0.2, -0.15) is 0 Å². The molecule has 0 spiro atoms. The van der Waals surface area contributed by atoms with Crippen LogP contribution in [0.5, 0.6) is 5.75 Å². The zero-order valence-electron chi connectivity index (χ0n) is 20.5. The molecule has 2 N–H and O–H groups in total. The second-order valence-electron chi connectivity index (χ2n) is 7.66. The quantitative estimate of drug-likeness (QED) is 0.191. The molecule has 2 heterocycles. The van der Waals surface area contributed by atoms with E-state index in [-0.39, 0.29) is 36.4 Å². The van der Waals surface area contributed by atoms with Gasteiger partial charge >= 0.3 is 0 Å². The number of amides is 2. The van der Waals surface area contributed by atoms with Crippen molar-refractivity contribution in [1.82, 2.24) is 30.3 Å². The number of anilines is 1. The molecular formula is C24H24FN7O3S3. The van der Waals surface area contributed by atoms with E-state index >= 15 is 0 Å². The summed E-state index contributed by atoms with van der Waals surface area (Å²) < 4.78 is 21.2. The van der Waals surface area contributed by atoms with Crippen LogP contribution in [0.3, 0.4) is 0 Å². The lowest BCUT2D eigenvalue weighted by Gasteiger charge is -2.11. The number of halogens is 1. The Morgan fingerprint density at radius 3 is 2.47 bits per heavy atom. The van der Waals surface area contributed by atoms with Crippen molar-refractivity contribution in [1.29, 1.82) is 0 Å². The summed E-state index contributed by atoms with van der Waals surface area (Å²) in [5.74, 6) is 1.19. The number of ether oxygens (including phenoxy) is 1. The van der Waals surface area contributed by atoms with Crippen molar-refractivity contribution in [2.24, 2.45) is 0 Å². The Morgan fingerprint density at radius 2 is 1.76 bits per heavy atom. The summed E-state index contributed by atoms with van der Waals surface area (Å²) in [5.41, 5.74) is 1.44. The number of carbonyl (C=O) groups is 2. The molecule has 0 aliphatic carbocycles. The van der Waals surface area contributed by atoms with Crippen molar-refractivity contribution in [3.05, 3.63) is 65.7 Å². The highest BCUT2D eigenvalue weighted by atomic mass is 32.2. The molecule has 2 aromatic carbocycles. The molecule has 4 aromatic rings. The summed E-state index contributed by atoms with van der Waals surface area (Å²) in [6.07, 6.45) is 0.181. The molecule has 2 amide bonds. The number of thioether (sulfide) groups is 2. The number of nitrogens with one attached hydrogen (secondary N) is 2. The minimum atomic E-state index is -0.387. The van der Waals surface area contributed by atoms with Gasteiger partial charge in [0.2, 0.25) is 16.9 Å². The third kappa shape index (κ3) is 7.52. The molecule has 0 fully saturated rings. The first-order chi connectivity index (χ1) is 18.4. The van der Waals surface area contributed by atoms with Crippen molar-refractivity contribution in [3.8, 4) is 11.4 Å². The van der Waals surface area contributed by atoms with Gasteiger partial charge in [-0.25, -0.2) is 4.39 Å². The van der Waals surface area contributed by atoms with E-state index in [0.29, 0.717) is 27.5 Å². The molecule has 0 unspecified atom stereocenters. The van der Waals surface area contributed by atoms with Crippen LogP contribution in [0.15, 0.2) is 58.0 Å². The fraction of sp³-hybridized carbons (Fsp3) is 0.250. The van der Waals surface area contributed by atoms with E-state index in [9.17, 15) is 14.0 Å². The van der Waals surface area contributed by atoms with Gasteiger partial charge in [-0.05, 0) is 47.7 Å².